The summed E-state index contributed by atoms with van der Waals surface area (Å²) in [6.45, 7) is 2.10. The van der Waals surface area contributed by atoms with E-state index < -0.39 is 12.1 Å². The summed E-state index contributed by atoms with van der Waals surface area (Å²) in [5.74, 6) is -0.410. The van der Waals surface area contributed by atoms with Crippen molar-refractivity contribution in [3.8, 4) is 5.75 Å². The van der Waals surface area contributed by atoms with E-state index in [2.05, 4.69) is 0 Å². The number of ether oxygens (including phenoxy) is 1. The van der Waals surface area contributed by atoms with Gasteiger partial charge >= 0.3 is 5.97 Å². The maximum absolute atomic E-state index is 10.5. The zero-order valence-corrected chi connectivity index (χ0v) is 9.87. The van der Waals surface area contributed by atoms with Gasteiger partial charge in [0.2, 0.25) is 0 Å². The monoisotopic (exact) mass is 245 g/mol. The van der Waals surface area contributed by atoms with Crippen molar-refractivity contribution >= 4 is 18.4 Å². The Morgan fingerprint density at radius 1 is 1.44 bits per heavy atom. The van der Waals surface area contributed by atoms with Crippen LogP contribution in [0.3, 0.4) is 0 Å². The third-order valence-electron chi connectivity index (χ3n) is 2.02. The fraction of sp³-hybridized carbons (Fsp3) is 0.364. The maximum Gasteiger partial charge on any atom is 0.344 e. The Bertz CT molecular complexity index is 327. The first-order valence-corrected chi connectivity index (χ1v) is 4.82. The predicted octanol–water partition coefficient (Wildman–Crippen LogP) is 1.46. The van der Waals surface area contributed by atoms with Gasteiger partial charge in [0, 0.05) is 0 Å². The van der Waals surface area contributed by atoms with E-state index >= 15 is 0 Å². The van der Waals surface area contributed by atoms with Crippen molar-refractivity contribution in [3.63, 3.8) is 0 Å². The van der Waals surface area contributed by atoms with Crippen molar-refractivity contribution in [1.82, 2.24) is 0 Å². The van der Waals surface area contributed by atoms with Crippen LogP contribution in [-0.4, -0.2) is 23.7 Å². The van der Waals surface area contributed by atoms with Gasteiger partial charge in [-0.1, -0.05) is 12.1 Å². The molecule has 0 aromatic heterocycles. The molecule has 0 amide bonds. The number of aliphatic carboxylic acids is 1. The number of carbonyl (C=O) groups is 1. The highest BCUT2D eigenvalue weighted by atomic mass is 35.5. The van der Waals surface area contributed by atoms with Gasteiger partial charge in [0.05, 0.1) is 0 Å². The summed E-state index contributed by atoms with van der Waals surface area (Å²) in [4.78, 5) is 10.5. The van der Waals surface area contributed by atoms with Crippen LogP contribution in [0, 0.1) is 0 Å². The first-order valence-electron chi connectivity index (χ1n) is 4.82. The van der Waals surface area contributed by atoms with Crippen LogP contribution in [0.4, 0.5) is 0 Å². The molecule has 1 aromatic carbocycles. The number of carboxylic acid groups (broad SMARTS) is 1. The SMILES string of the molecule is CC(Oc1ccc(CCN)cc1)C(=O)O.Cl. The molecule has 1 atom stereocenters. The van der Waals surface area contributed by atoms with E-state index in [1.807, 2.05) is 12.1 Å². The van der Waals surface area contributed by atoms with Crippen LogP contribution in [0.2, 0.25) is 0 Å². The van der Waals surface area contributed by atoms with Crippen molar-refractivity contribution < 1.29 is 14.6 Å². The van der Waals surface area contributed by atoms with Gasteiger partial charge in [-0.05, 0) is 37.6 Å². The summed E-state index contributed by atoms with van der Waals surface area (Å²) in [5.41, 5.74) is 6.53. The van der Waals surface area contributed by atoms with E-state index in [0.29, 0.717) is 12.3 Å². The molecule has 0 saturated heterocycles. The quantitative estimate of drug-likeness (QED) is 0.824. The predicted molar refractivity (Wildman–Crippen MR) is 64.2 cm³/mol. The van der Waals surface area contributed by atoms with Crippen LogP contribution in [-0.2, 0) is 11.2 Å². The van der Waals surface area contributed by atoms with Gasteiger partial charge in [-0.25, -0.2) is 4.79 Å². The van der Waals surface area contributed by atoms with Gasteiger partial charge in [-0.15, -0.1) is 12.4 Å². The second-order valence-electron chi connectivity index (χ2n) is 3.28. The number of benzene rings is 1. The highest BCUT2D eigenvalue weighted by Crippen LogP contribution is 2.14. The Hall–Kier alpha value is -1.26. The van der Waals surface area contributed by atoms with Crippen LogP contribution < -0.4 is 10.5 Å². The molecule has 1 rings (SSSR count). The van der Waals surface area contributed by atoms with Crippen LogP contribution in [0.25, 0.3) is 0 Å². The Balaban J connectivity index is 0.00000225. The van der Waals surface area contributed by atoms with E-state index in [1.54, 1.807) is 12.1 Å². The Labute approximate surface area is 101 Å². The van der Waals surface area contributed by atoms with E-state index in [0.717, 1.165) is 12.0 Å². The van der Waals surface area contributed by atoms with Gasteiger partial charge in [-0.2, -0.15) is 0 Å². The zero-order chi connectivity index (χ0) is 11.3. The normalized spacial score (nSPS) is 11.4. The molecule has 0 saturated carbocycles. The summed E-state index contributed by atoms with van der Waals surface area (Å²) in [6.07, 6.45) is -0.0141. The lowest BCUT2D eigenvalue weighted by Gasteiger charge is -2.10. The van der Waals surface area contributed by atoms with Gasteiger partial charge in [-0.3, -0.25) is 0 Å². The topological polar surface area (TPSA) is 72.5 Å². The highest BCUT2D eigenvalue weighted by Gasteiger charge is 2.11. The van der Waals surface area contributed by atoms with Gasteiger partial charge < -0.3 is 15.6 Å². The largest absolute Gasteiger partial charge is 0.479 e. The first kappa shape index (κ1) is 14.7. The van der Waals surface area contributed by atoms with Crippen LogP contribution in [0.5, 0.6) is 5.75 Å². The van der Waals surface area contributed by atoms with E-state index in [9.17, 15) is 4.79 Å². The average molecular weight is 246 g/mol. The lowest BCUT2D eigenvalue weighted by molar-refractivity contribution is -0.144. The van der Waals surface area contributed by atoms with Crippen molar-refractivity contribution in [2.75, 3.05) is 6.54 Å². The molecule has 1 unspecified atom stereocenters. The molecule has 0 aliphatic carbocycles. The third kappa shape index (κ3) is 4.51. The molecule has 0 heterocycles. The summed E-state index contributed by atoms with van der Waals surface area (Å²) in [6, 6.07) is 7.28. The molecule has 16 heavy (non-hydrogen) atoms. The molecule has 0 bridgehead atoms. The minimum atomic E-state index is -0.971. The fourth-order valence-electron chi connectivity index (χ4n) is 1.16. The third-order valence-corrected chi connectivity index (χ3v) is 2.02. The van der Waals surface area contributed by atoms with E-state index in [1.165, 1.54) is 6.92 Å². The molecule has 0 spiro atoms. The number of hydrogen-bond donors (Lipinski definition) is 2. The van der Waals surface area contributed by atoms with Crippen molar-refractivity contribution in [2.45, 2.75) is 19.4 Å². The molecule has 0 aliphatic rings. The van der Waals surface area contributed by atoms with Crippen molar-refractivity contribution in [1.29, 1.82) is 0 Å². The van der Waals surface area contributed by atoms with Crippen molar-refractivity contribution in [2.24, 2.45) is 5.73 Å². The molecule has 0 aliphatic heterocycles. The molecule has 0 radical (unpaired) electrons. The molecule has 1 aromatic rings. The Morgan fingerprint density at radius 2 is 2.00 bits per heavy atom. The maximum atomic E-state index is 10.5. The molecule has 90 valence electrons. The zero-order valence-electron chi connectivity index (χ0n) is 9.05. The number of hydrogen-bond acceptors (Lipinski definition) is 3. The van der Waals surface area contributed by atoms with Gasteiger partial charge in [0.1, 0.15) is 5.75 Å². The average Bonchev–Trinajstić information content (AvgIpc) is 2.21. The molecule has 0 fully saturated rings. The Kier molecular flexibility index (Phi) is 6.53. The summed E-state index contributed by atoms with van der Waals surface area (Å²) in [5, 5.41) is 8.64. The first-order chi connectivity index (χ1) is 7.13. The Morgan fingerprint density at radius 3 is 2.44 bits per heavy atom. The smallest absolute Gasteiger partial charge is 0.344 e. The lowest BCUT2D eigenvalue weighted by atomic mass is 10.1. The number of carboxylic acids is 1. The van der Waals surface area contributed by atoms with Crippen LogP contribution >= 0.6 is 12.4 Å². The number of nitrogens with two attached hydrogens (primary N) is 1. The van der Waals surface area contributed by atoms with Crippen LogP contribution in [0.15, 0.2) is 24.3 Å². The molecule has 4 nitrogen and oxygen atoms in total. The summed E-state index contributed by atoms with van der Waals surface area (Å²) in [7, 11) is 0. The number of rotatable bonds is 5. The minimum absolute atomic E-state index is 0. The molecular weight excluding hydrogens is 230 g/mol. The van der Waals surface area contributed by atoms with Crippen molar-refractivity contribution in [3.05, 3.63) is 29.8 Å². The second kappa shape index (κ2) is 7.09. The standard InChI is InChI=1S/C11H15NO3.ClH/c1-8(11(13)14)15-10-4-2-9(3-5-10)6-7-12;/h2-5,8H,6-7,12H2,1H3,(H,13,14);1H. The molecule has 3 N–H and O–H groups in total. The van der Waals surface area contributed by atoms with E-state index in [4.69, 9.17) is 15.6 Å². The fourth-order valence-corrected chi connectivity index (χ4v) is 1.16. The summed E-state index contributed by atoms with van der Waals surface area (Å²) >= 11 is 0. The minimum Gasteiger partial charge on any atom is -0.479 e. The lowest BCUT2D eigenvalue weighted by Crippen LogP contribution is -2.22. The summed E-state index contributed by atoms with van der Waals surface area (Å²) < 4.78 is 5.18. The van der Waals surface area contributed by atoms with Gasteiger partial charge in [0.25, 0.3) is 0 Å². The van der Waals surface area contributed by atoms with Gasteiger partial charge in [0.15, 0.2) is 6.10 Å². The van der Waals surface area contributed by atoms with Crippen LogP contribution in [0.1, 0.15) is 12.5 Å². The molecular formula is C11H16ClNO3. The number of halogens is 1. The van der Waals surface area contributed by atoms with E-state index in [-0.39, 0.29) is 12.4 Å². The highest BCUT2D eigenvalue weighted by molar-refractivity contribution is 5.85. The second-order valence-corrected chi connectivity index (χ2v) is 3.28. The molecule has 5 heteroatoms.